The molecule has 1 aliphatic rings. The maximum absolute atomic E-state index is 13.5. The summed E-state index contributed by atoms with van der Waals surface area (Å²) in [5.41, 5.74) is 3.04. The largest absolute Gasteiger partial charge is 0.322 e. The fourth-order valence-electron chi connectivity index (χ4n) is 4.50. The van der Waals surface area contributed by atoms with Crippen LogP contribution in [-0.4, -0.2) is 36.7 Å². The molecule has 0 aliphatic carbocycles. The third-order valence-corrected chi connectivity index (χ3v) is 8.54. The van der Waals surface area contributed by atoms with Gasteiger partial charge < -0.3 is 5.32 Å². The van der Waals surface area contributed by atoms with Gasteiger partial charge in [-0.25, -0.2) is 13.4 Å². The average Bonchev–Trinajstić information content (AvgIpc) is 3.19. The predicted molar refractivity (Wildman–Crippen MR) is 144 cm³/mol. The molecule has 3 aromatic carbocycles. The number of rotatable bonds is 5. The Kier molecular flexibility index (Phi) is 7.05. The van der Waals surface area contributed by atoms with E-state index in [1.165, 1.54) is 6.07 Å². The number of nitrogens with zero attached hydrogens (tertiary/aromatic N) is 2. The number of amides is 1. The molecule has 5 rings (SSSR count). The third kappa shape index (κ3) is 5.14. The molecule has 6 nitrogen and oxygen atoms in total. The minimum absolute atomic E-state index is 0.184. The molecule has 4 aromatic rings. The molecule has 184 valence electrons. The van der Waals surface area contributed by atoms with Crippen LogP contribution >= 0.6 is 11.6 Å². The van der Waals surface area contributed by atoms with Gasteiger partial charge in [0, 0.05) is 34.7 Å². The molecule has 1 fully saturated rings. The second-order valence-corrected chi connectivity index (χ2v) is 11.3. The van der Waals surface area contributed by atoms with Crippen LogP contribution in [0.1, 0.15) is 36.0 Å². The number of nitrogens with one attached hydrogen (secondary N) is 1. The van der Waals surface area contributed by atoms with Crippen molar-refractivity contribution in [1.82, 2.24) is 9.29 Å². The predicted octanol–water partition coefficient (Wildman–Crippen LogP) is 6.37. The second-order valence-electron chi connectivity index (χ2n) is 8.88. The number of pyridine rings is 1. The monoisotopic (exact) mass is 519 g/mol. The first-order chi connectivity index (χ1) is 17.4. The molecule has 0 radical (unpaired) electrons. The maximum atomic E-state index is 13.5. The molecule has 2 heterocycles. The lowest BCUT2D eigenvalue weighted by Gasteiger charge is -2.20. The minimum Gasteiger partial charge on any atom is -0.322 e. The standard InChI is InChI=1S/C28H26ClN3O3S/c29-21-14-12-20(13-15-21)27-19-25(24-10-3-4-11-26(24)31-27)28(33)30-22-8-7-9-23(18-22)36(34,35)32-16-5-1-2-6-17-32/h3-4,7-15,18-19H,1-2,5-6,16-17H2,(H,30,33). The van der Waals surface area contributed by atoms with Gasteiger partial charge in [0.25, 0.3) is 5.91 Å². The SMILES string of the molecule is O=C(Nc1cccc(S(=O)(=O)N2CCCCCC2)c1)c1cc(-c2ccc(Cl)cc2)nc2ccccc12. The highest BCUT2D eigenvalue weighted by atomic mass is 35.5. The number of aromatic nitrogens is 1. The lowest BCUT2D eigenvalue weighted by atomic mass is 10.0. The van der Waals surface area contributed by atoms with E-state index in [1.807, 2.05) is 36.4 Å². The van der Waals surface area contributed by atoms with Gasteiger partial charge >= 0.3 is 0 Å². The van der Waals surface area contributed by atoms with Gasteiger partial charge in [-0.2, -0.15) is 4.31 Å². The molecular formula is C28H26ClN3O3S. The van der Waals surface area contributed by atoms with Crippen molar-refractivity contribution in [3.05, 3.63) is 89.4 Å². The average molecular weight is 520 g/mol. The number of fused-ring (bicyclic) bond motifs is 1. The number of anilines is 1. The van der Waals surface area contributed by atoms with Gasteiger partial charge in [-0.3, -0.25) is 4.79 Å². The van der Waals surface area contributed by atoms with Gasteiger partial charge in [0.05, 0.1) is 21.7 Å². The number of para-hydroxylation sites is 1. The molecule has 0 saturated carbocycles. The Morgan fingerprint density at radius 2 is 1.58 bits per heavy atom. The number of sulfonamides is 1. The van der Waals surface area contributed by atoms with Crippen LogP contribution < -0.4 is 5.32 Å². The summed E-state index contributed by atoms with van der Waals surface area (Å²) >= 11 is 6.04. The zero-order valence-electron chi connectivity index (χ0n) is 19.7. The second kappa shape index (κ2) is 10.4. The molecule has 1 amide bonds. The van der Waals surface area contributed by atoms with Crippen LogP contribution in [0.2, 0.25) is 5.02 Å². The first kappa shape index (κ1) is 24.4. The maximum Gasteiger partial charge on any atom is 0.256 e. The van der Waals surface area contributed by atoms with Gasteiger partial charge in [0.1, 0.15) is 0 Å². The molecule has 36 heavy (non-hydrogen) atoms. The van der Waals surface area contributed by atoms with Crippen LogP contribution in [0.25, 0.3) is 22.2 Å². The fraction of sp³-hybridized carbons (Fsp3) is 0.214. The summed E-state index contributed by atoms with van der Waals surface area (Å²) in [5, 5.41) is 4.22. The highest BCUT2D eigenvalue weighted by Gasteiger charge is 2.25. The molecule has 8 heteroatoms. The summed E-state index contributed by atoms with van der Waals surface area (Å²) in [6.07, 6.45) is 3.81. The van der Waals surface area contributed by atoms with E-state index in [0.717, 1.165) is 31.2 Å². The summed E-state index contributed by atoms with van der Waals surface area (Å²) in [5.74, 6) is -0.340. The van der Waals surface area contributed by atoms with E-state index in [1.54, 1.807) is 40.7 Å². The van der Waals surface area contributed by atoms with Gasteiger partial charge in [-0.15, -0.1) is 0 Å². The zero-order valence-corrected chi connectivity index (χ0v) is 21.2. The molecule has 1 aliphatic heterocycles. The Labute approximate surface area is 216 Å². The van der Waals surface area contributed by atoms with E-state index in [-0.39, 0.29) is 10.8 Å². The highest BCUT2D eigenvalue weighted by molar-refractivity contribution is 7.89. The van der Waals surface area contributed by atoms with Gasteiger partial charge in [0.2, 0.25) is 10.0 Å². The van der Waals surface area contributed by atoms with Crippen LogP contribution in [-0.2, 0) is 10.0 Å². The van der Waals surface area contributed by atoms with Gasteiger partial charge in [-0.05, 0) is 55.3 Å². The summed E-state index contributed by atoms with van der Waals surface area (Å²) in [6, 6.07) is 22.9. The van der Waals surface area contributed by atoms with Crippen LogP contribution in [0, 0.1) is 0 Å². The van der Waals surface area contributed by atoms with Crippen molar-refractivity contribution in [2.45, 2.75) is 30.6 Å². The van der Waals surface area contributed by atoms with E-state index in [0.29, 0.717) is 46.0 Å². The number of carbonyl (C=O) groups is 1. The number of hydrogen-bond acceptors (Lipinski definition) is 4. The summed E-state index contributed by atoms with van der Waals surface area (Å²) in [4.78, 5) is 18.4. The Hall–Kier alpha value is -3.26. The molecule has 1 N–H and O–H groups in total. The highest BCUT2D eigenvalue weighted by Crippen LogP contribution is 2.28. The van der Waals surface area contributed by atoms with Crippen LogP contribution in [0.5, 0.6) is 0 Å². The number of hydrogen-bond donors (Lipinski definition) is 1. The Morgan fingerprint density at radius 3 is 2.33 bits per heavy atom. The molecule has 0 atom stereocenters. The van der Waals surface area contributed by atoms with Gasteiger partial charge in [0.15, 0.2) is 0 Å². The van der Waals surface area contributed by atoms with Gasteiger partial charge in [-0.1, -0.05) is 60.8 Å². The quantitative estimate of drug-likeness (QED) is 0.332. The van der Waals surface area contributed by atoms with E-state index < -0.39 is 10.0 Å². The fourth-order valence-corrected chi connectivity index (χ4v) is 6.19. The van der Waals surface area contributed by atoms with Crippen molar-refractivity contribution in [1.29, 1.82) is 0 Å². The van der Waals surface area contributed by atoms with Crippen molar-refractivity contribution in [3.63, 3.8) is 0 Å². The van der Waals surface area contributed by atoms with Crippen LogP contribution in [0.3, 0.4) is 0 Å². The van der Waals surface area contributed by atoms with E-state index in [2.05, 4.69) is 5.32 Å². The molecule has 0 unspecified atom stereocenters. The smallest absolute Gasteiger partial charge is 0.256 e. The van der Waals surface area contributed by atoms with E-state index >= 15 is 0 Å². The van der Waals surface area contributed by atoms with Crippen molar-refractivity contribution in [3.8, 4) is 11.3 Å². The zero-order chi connectivity index (χ0) is 25.1. The molecule has 0 spiro atoms. The summed E-state index contributed by atoms with van der Waals surface area (Å²) in [7, 11) is -3.63. The molecule has 1 saturated heterocycles. The van der Waals surface area contributed by atoms with E-state index in [4.69, 9.17) is 16.6 Å². The normalized spacial score (nSPS) is 14.9. The number of halogens is 1. The van der Waals surface area contributed by atoms with Crippen LogP contribution in [0.15, 0.2) is 83.8 Å². The van der Waals surface area contributed by atoms with Crippen molar-refractivity contribution < 1.29 is 13.2 Å². The lowest BCUT2D eigenvalue weighted by Crippen LogP contribution is -2.32. The van der Waals surface area contributed by atoms with Crippen molar-refractivity contribution in [2.75, 3.05) is 18.4 Å². The van der Waals surface area contributed by atoms with Crippen molar-refractivity contribution in [2.24, 2.45) is 0 Å². The minimum atomic E-state index is -3.63. The molecule has 0 bridgehead atoms. The summed E-state index contributed by atoms with van der Waals surface area (Å²) in [6.45, 7) is 1.05. The van der Waals surface area contributed by atoms with E-state index in [9.17, 15) is 13.2 Å². The van der Waals surface area contributed by atoms with Crippen molar-refractivity contribution >= 4 is 44.1 Å². The Bertz CT molecular complexity index is 1510. The Morgan fingerprint density at radius 1 is 0.861 bits per heavy atom. The molecular weight excluding hydrogens is 494 g/mol. The third-order valence-electron chi connectivity index (χ3n) is 6.40. The first-order valence-electron chi connectivity index (χ1n) is 12.0. The topological polar surface area (TPSA) is 79.4 Å². The summed E-state index contributed by atoms with van der Waals surface area (Å²) < 4.78 is 28.0. The number of benzene rings is 3. The Balaban J connectivity index is 1.47. The number of carbonyl (C=O) groups excluding carboxylic acids is 1. The lowest BCUT2D eigenvalue weighted by molar-refractivity contribution is 0.102. The first-order valence-corrected chi connectivity index (χ1v) is 13.8. The molecule has 1 aromatic heterocycles. The van der Waals surface area contributed by atoms with Crippen LogP contribution in [0.4, 0.5) is 5.69 Å².